The predicted molar refractivity (Wildman–Crippen MR) is 72.0 cm³/mol. The van der Waals surface area contributed by atoms with E-state index in [0.29, 0.717) is 16.2 Å². The topological polar surface area (TPSA) is 47.8 Å². The summed E-state index contributed by atoms with van der Waals surface area (Å²) in [6.07, 6.45) is 1.54. The third-order valence-corrected chi connectivity index (χ3v) is 3.28. The van der Waals surface area contributed by atoms with Crippen LogP contribution in [0.15, 0.2) is 6.20 Å². The number of halogens is 1. The van der Waals surface area contributed by atoms with Crippen LogP contribution in [0.2, 0.25) is 5.02 Å². The van der Waals surface area contributed by atoms with Gasteiger partial charge in [0, 0.05) is 18.7 Å². The Morgan fingerprint density at radius 2 is 2.00 bits per heavy atom. The first-order valence-corrected chi connectivity index (χ1v) is 6.14. The van der Waals surface area contributed by atoms with E-state index in [-0.39, 0.29) is 5.78 Å². The van der Waals surface area contributed by atoms with Crippen LogP contribution in [0.4, 0.5) is 0 Å². The van der Waals surface area contributed by atoms with Crippen molar-refractivity contribution >= 4 is 28.4 Å². The molecule has 0 aliphatic heterocycles. The average molecular weight is 266 g/mol. The molecule has 0 atom stereocenters. The normalized spacial score (nSPS) is 12.1. The fraction of sp³-hybridized carbons (Fsp3) is 0.462. The largest absolute Gasteiger partial charge is 0.293 e. The zero-order valence-corrected chi connectivity index (χ0v) is 12.0. The number of nitrogens with zero attached hydrogens (tertiary/aromatic N) is 3. The maximum absolute atomic E-state index is 12.3. The van der Waals surface area contributed by atoms with Crippen molar-refractivity contribution in [3.05, 3.63) is 22.5 Å². The standard InChI is InChI=1S/C13H16ClN3O/c1-7-9-10(14)8(11(18)13(2,3)4)6-15-12(9)17(5)16-7/h6H,1-5H3. The van der Waals surface area contributed by atoms with Gasteiger partial charge in [0.15, 0.2) is 11.4 Å². The summed E-state index contributed by atoms with van der Waals surface area (Å²) in [5.74, 6) is -0.00912. The van der Waals surface area contributed by atoms with Crippen LogP contribution in [0, 0.1) is 12.3 Å². The molecule has 2 aromatic rings. The number of aromatic nitrogens is 3. The van der Waals surface area contributed by atoms with E-state index >= 15 is 0 Å². The first-order chi connectivity index (χ1) is 8.23. The van der Waals surface area contributed by atoms with Gasteiger partial charge in [-0.1, -0.05) is 32.4 Å². The number of fused-ring (bicyclic) bond motifs is 1. The number of carbonyl (C=O) groups excluding carboxylic acids is 1. The molecule has 0 radical (unpaired) electrons. The van der Waals surface area contributed by atoms with Gasteiger partial charge >= 0.3 is 0 Å². The molecule has 0 saturated carbocycles. The van der Waals surface area contributed by atoms with Gasteiger partial charge in [-0.25, -0.2) is 4.98 Å². The molecule has 0 N–H and O–H groups in total. The molecule has 2 rings (SSSR count). The van der Waals surface area contributed by atoms with Gasteiger partial charge in [-0.15, -0.1) is 0 Å². The second-order valence-electron chi connectivity index (χ2n) is 5.47. The van der Waals surface area contributed by atoms with E-state index in [0.717, 1.165) is 11.1 Å². The van der Waals surface area contributed by atoms with Crippen molar-refractivity contribution in [1.29, 1.82) is 0 Å². The summed E-state index contributed by atoms with van der Waals surface area (Å²) in [4.78, 5) is 16.6. The molecular formula is C13H16ClN3O. The quantitative estimate of drug-likeness (QED) is 0.744. The Morgan fingerprint density at radius 3 is 2.56 bits per heavy atom. The molecule has 0 fully saturated rings. The van der Waals surface area contributed by atoms with Gasteiger partial charge in [0.05, 0.1) is 21.7 Å². The molecular weight excluding hydrogens is 250 g/mol. The highest BCUT2D eigenvalue weighted by Crippen LogP contribution is 2.31. The molecule has 0 aromatic carbocycles. The summed E-state index contributed by atoms with van der Waals surface area (Å²) in [5.41, 5.74) is 1.47. The molecule has 0 aliphatic carbocycles. The van der Waals surface area contributed by atoms with Crippen molar-refractivity contribution in [3.8, 4) is 0 Å². The Labute approximate surface area is 111 Å². The van der Waals surface area contributed by atoms with E-state index in [1.165, 1.54) is 0 Å². The van der Waals surface area contributed by atoms with Crippen molar-refractivity contribution in [2.45, 2.75) is 27.7 Å². The van der Waals surface area contributed by atoms with Crippen LogP contribution in [0.1, 0.15) is 36.8 Å². The second-order valence-corrected chi connectivity index (χ2v) is 5.85. The summed E-state index contributed by atoms with van der Waals surface area (Å²) in [6, 6.07) is 0. The highest BCUT2D eigenvalue weighted by atomic mass is 35.5. The zero-order chi connectivity index (χ0) is 13.7. The second kappa shape index (κ2) is 4.05. The lowest BCUT2D eigenvalue weighted by atomic mass is 9.87. The number of pyridine rings is 1. The summed E-state index contributed by atoms with van der Waals surface area (Å²) in [5, 5.41) is 5.48. The Kier molecular flexibility index (Phi) is 2.93. The van der Waals surface area contributed by atoms with Crippen molar-refractivity contribution in [2.24, 2.45) is 12.5 Å². The van der Waals surface area contributed by atoms with E-state index < -0.39 is 5.41 Å². The first kappa shape index (κ1) is 13.0. The highest BCUT2D eigenvalue weighted by Gasteiger charge is 2.27. The van der Waals surface area contributed by atoms with E-state index in [2.05, 4.69) is 10.1 Å². The fourth-order valence-electron chi connectivity index (χ4n) is 1.93. The van der Waals surface area contributed by atoms with Crippen molar-refractivity contribution in [3.63, 3.8) is 0 Å². The summed E-state index contributed by atoms with van der Waals surface area (Å²) in [7, 11) is 1.81. The molecule has 2 heterocycles. The van der Waals surface area contributed by atoms with Crippen LogP contribution >= 0.6 is 11.6 Å². The number of rotatable bonds is 1. The molecule has 18 heavy (non-hydrogen) atoms. The lowest BCUT2D eigenvalue weighted by molar-refractivity contribution is 0.0858. The van der Waals surface area contributed by atoms with Gasteiger partial charge in [-0.05, 0) is 6.92 Å². The molecule has 4 nitrogen and oxygen atoms in total. The van der Waals surface area contributed by atoms with Crippen LogP contribution < -0.4 is 0 Å². The van der Waals surface area contributed by atoms with Crippen LogP contribution in [0.3, 0.4) is 0 Å². The summed E-state index contributed by atoms with van der Waals surface area (Å²) in [6.45, 7) is 7.46. The lowest BCUT2D eigenvalue weighted by Crippen LogP contribution is -2.20. The Morgan fingerprint density at radius 1 is 1.39 bits per heavy atom. The minimum atomic E-state index is -0.477. The molecule has 0 bridgehead atoms. The minimum absolute atomic E-state index is 0.00912. The van der Waals surface area contributed by atoms with Gasteiger partial charge < -0.3 is 0 Å². The van der Waals surface area contributed by atoms with E-state index in [4.69, 9.17) is 11.6 Å². The van der Waals surface area contributed by atoms with Gasteiger partial charge in [0.1, 0.15) is 0 Å². The lowest BCUT2D eigenvalue weighted by Gasteiger charge is -2.17. The SMILES string of the molecule is Cc1nn(C)c2ncc(C(=O)C(C)(C)C)c(Cl)c12. The van der Waals surface area contributed by atoms with Crippen LogP contribution in [0.5, 0.6) is 0 Å². The number of hydrogen-bond acceptors (Lipinski definition) is 3. The Hall–Kier alpha value is -1.42. The van der Waals surface area contributed by atoms with Crippen LogP contribution in [-0.4, -0.2) is 20.5 Å². The molecule has 5 heteroatoms. The molecule has 0 amide bonds. The van der Waals surface area contributed by atoms with Crippen molar-refractivity contribution in [1.82, 2.24) is 14.8 Å². The first-order valence-electron chi connectivity index (χ1n) is 5.76. The number of hydrogen-bond donors (Lipinski definition) is 0. The van der Waals surface area contributed by atoms with Gasteiger partial charge in [-0.3, -0.25) is 9.48 Å². The number of aryl methyl sites for hydroxylation is 2. The van der Waals surface area contributed by atoms with Crippen LogP contribution in [0.25, 0.3) is 11.0 Å². The third-order valence-electron chi connectivity index (χ3n) is 2.89. The highest BCUT2D eigenvalue weighted by molar-refractivity contribution is 6.38. The van der Waals surface area contributed by atoms with Crippen molar-refractivity contribution in [2.75, 3.05) is 0 Å². The van der Waals surface area contributed by atoms with E-state index in [1.807, 2.05) is 34.7 Å². The van der Waals surface area contributed by atoms with Crippen LogP contribution in [-0.2, 0) is 7.05 Å². The summed E-state index contributed by atoms with van der Waals surface area (Å²) >= 11 is 6.35. The zero-order valence-electron chi connectivity index (χ0n) is 11.2. The number of ketones is 1. The molecule has 96 valence electrons. The maximum atomic E-state index is 12.3. The van der Waals surface area contributed by atoms with Gasteiger partial charge in [-0.2, -0.15) is 5.10 Å². The molecule has 0 spiro atoms. The Balaban J connectivity index is 2.73. The van der Waals surface area contributed by atoms with E-state index in [1.54, 1.807) is 10.9 Å². The van der Waals surface area contributed by atoms with Crippen molar-refractivity contribution < 1.29 is 4.79 Å². The third kappa shape index (κ3) is 1.90. The molecule has 0 aliphatic rings. The number of carbonyl (C=O) groups is 1. The predicted octanol–water partition coefficient (Wildman–Crippen LogP) is 3.16. The smallest absolute Gasteiger partial charge is 0.171 e. The fourth-order valence-corrected chi connectivity index (χ4v) is 2.29. The van der Waals surface area contributed by atoms with Gasteiger partial charge in [0.25, 0.3) is 0 Å². The average Bonchev–Trinajstić information content (AvgIpc) is 2.53. The molecule has 0 saturated heterocycles. The minimum Gasteiger partial charge on any atom is -0.293 e. The Bertz CT molecular complexity index is 638. The monoisotopic (exact) mass is 265 g/mol. The van der Waals surface area contributed by atoms with Gasteiger partial charge in [0.2, 0.25) is 0 Å². The number of Topliss-reactive ketones (excluding diaryl/α,β-unsaturated/α-hetero) is 1. The van der Waals surface area contributed by atoms with E-state index in [9.17, 15) is 4.79 Å². The molecule has 2 aromatic heterocycles. The summed E-state index contributed by atoms with van der Waals surface area (Å²) < 4.78 is 1.67. The maximum Gasteiger partial charge on any atom is 0.171 e. The molecule has 0 unspecified atom stereocenters.